The van der Waals surface area contributed by atoms with Crippen molar-refractivity contribution in [1.82, 2.24) is 4.90 Å². The van der Waals surface area contributed by atoms with Crippen LogP contribution >= 0.6 is 0 Å². The molecule has 2 aliphatic rings. The second-order valence-electron chi connectivity index (χ2n) is 7.56. The van der Waals surface area contributed by atoms with Crippen LogP contribution in [0.3, 0.4) is 0 Å². The summed E-state index contributed by atoms with van der Waals surface area (Å²) in [6, 6.07) is 0.552. The van der Waals surface area contributed by atoms with E-state index in [-0.39, 0.29) is 5.54 Å². The number of nitrogens with two attached hydrogens (primary N) is 1. The van der Waals surface area contributed by atoms with Crippen molar-refractivity contribution in [1.29, 1.82) is 0 Å². The average molecular weight is 282 g/mol. The molecule has 1 saturated heterocycles. The number of nitrogens with zero attached hydrogens (tertiary/aromatic N) is 1. The van der Waals surface area contributed by atoms with Crippen molar-refractivity contribution in [2.24, 2.45) is 17.6 Å². The minimum absolute atomic E-state index is 0.213. The van der Waals surface area contributed by atoms with E-state index < -0.39 is 0 Å². The zero-order valence-electron chi connectivity index (χ0n) is 13.9. The number of likely N-dealkylation sites (N-methyl/N-ethyl adjacent to an activating group) is 1. The lowest BCUT2D eigenvalue weighted by molar-refractivity contribution is -0.00580. The second-order valence-corrected chi connectivity index (χ2v) is 7.56. The van der Waals surface area contributed by atoms with E-state index in [0.29, 0.717) is 12.1 Å². The van der Waals surface area contributed by atoms with Crippen molar-refractivity contribution in [2.45, 2.75) is 77.0 Å². The molecule has 0 radical (unpaired) electrons. The largest absolute Gasteiger partial charge is 0.377 e. The van der Waals surface area contributed by atoms with E-state index in [2.05, 4.69) is 32.7 Å². The number of hydrogen-bond acceptors (Lipinski definition) is 3. The average Bonchev–Trinajstić information content (AvgIpc) is 2.83. The molecule has 0 spiro atoms. The normalized spacial score (nSPS) is 38.9. The third kappa shape index (κ3) is 3.37. The van der Waals surface area contributed by atoms with E-state index in [4.69, 9.17) is 10.5 Å². The Morgan fingerprint density at radius 2 is 2.10 bits per heavy atom. The smallest absolute Gasteiger partial charge is 0.0703 e. The molecule has 0 aromatic rings. The Bertz CT molecular complexity index is 307. The van der Waals surface area contributed by atoms with Gasteiger partial charge < -0.3 is 10.5 Å². The van der Waals surface area contributed by atoms with E-state index in [1.165, 1.54) is 32.1 Å². The monoisotopic (exact) mass is 282 g/mol. The van der Waals surface area contributed by atoms with Crippen molar-refractivity contribution in [2.75, 3.05) is 20.2 Å². The van der Waals surface area contributed by atoms with Gasteiger partial charge in [0, 0.05) is 24.7 Å². The highest BCUT2D eigenvalue weighted by Crippen LogP contribution is 2.40. The molecule has 0 bridgehead atoms. The summed E-state index contributed by atoms with van der Waals surface area (Å²) in [5.41, 5.74) is 6.48. The van der Waals surface area contributed by atoms with E-state index >= 15 is 0 Å². The summed E-state index contributed by atoms with van der Waals surface area (Å²) < 4.78 is 5.78. The first kappa shape index (κ1) is 16.3. The fraction of sp³-hybridized carbons (Fsp3) is 1.00. The molecule has 0 amide bonds. The number of hydrogen-bond donors (Lipinski definition) is 1. The van der Waals surface area contributed by atoms with Crippen LogP contribution in [0, 0.1) is 11.8 Å². The van der Waals surface area contributed by atoms with Gasteiger partial charge >= 0.3 is 0 Å². The predicted octanol–water partition coefficient (Wildman–Crippen LogP) is 3.03. The molecule has 118 valence electrons. The molecule has 3 heteroatoms. The summed E-state index contributed by atoms with van der Waals surface area (Å²) in [6.07, 6.45) is 8.14. The third-order valence-electron chi connectivity index (χ3n) is 5.69. The summed E-state index contributed by atoms with van der Waals surface area (Å²) in [7, 11) is 2.29. The lowest BCUT2D eigenvalue weighted by Crippen LogP contribution is -2.59. The fourth-order valence-corrected chi connectivity index (χ4v) is 4.56. The summed E-state index contributed by atoms with van der Waals surface area (Å²) in [4.78, 5) is 2.59. The van der Waals surface area contributed by atoms with Crippen LogP contribution in [-0.2, 0) is 4.74 Å². The van der Waals surface area contributed by atoms with Gasteiger partial charge in [-0.15, -0.1) is 0 Å². The van der Waals surface area contributed by atoms with Crippen LogP contribution in [0.5, 0.6) is 0 Å². The second kappa shape index (κ2) is 6.76. The maximum absolute atomic E-state index is 6.26. The Morgan fingerprint density at radius 1 is 1.35 bits per heavy atom. The van der Waals surface area contributed by atoms with Crippen molar-refractivity contribution in [3.63, 3.8) is 0 Å². The van der Waals surface area contributed by atoms with Gasteiger partial charge in [0.05, 0.1) is 6.10 Å². The molecule has 0 aromatic carbocycles. The van der Waals surface area contributed by atoms with Gasteiger partial charge in [0.25, 0.3) is 0 Å². The molecule has 20 heavy (non-hydrogen) atoms. The van der Waals surface area contributed by atoms with E-state index in [9.17, 15) is 0 Å². The Balaban J connectivity index is 2.07. The van der Waals surface area contributed by atoms with Crippen LogP contribution in [0.4, 0.5) is 0 Å². The lowest BCUT2D eigenvalue weighted by atomic mass is 9.71. The van der Waals surface area contributed by atoms with Gasteiger partial charge in [0.1, 0.15) is 0 Å². The molecule has 1 saturated carbocycles. The van der Waals surface area contributed by atoms with Crippen molar-refractivity contribution in [3.8, 4) is 0 Å². The van der Waals surface area contributed by atoms with E-state index in [1.54, 1.807) is 0 Å². The first-order valence-corrected chi connectivity index (χ1v) is 8.53. The Hall–Kier alpha value is -0.120. The van der Waals surface area contributed by atoms with Crippen molar-refractivity contribution in [3.05, 3.63) is 0 Å². The van der Waals surface area contributed by atoms with Gasteiger partial charge in [-0.2, -0.15) is 0 Å². The molecule has 1 aliphatic carbocycles. The van der Waals surface area contributed by atoms with Crippen molar-refractivity contribution >= 4 is 0 Å². The van der Waals surface area contributed by atoms with Crippen LogP contribution < -0.4 is 5.73 Å². The molecule has 2 N–H and O–H groups in total. The molecule has 1 heterocycles. The minimum Gasteiger partial charge on any atom is -0.377 e. The summed E-state index contributed by atoms with van der Waals surface area (Å²) >= 11 is 0. The molecular weight excluding hydrogens is 248 g/mol. The molecule has 3 nitrogen and oxygen atoms in total. The molecule has 1 aliphatic heterocycles. The Kier molecular flexibility index (Phi) is 5.49. The molecule has 4 atom stereocenters. The SMILES string of the molecule is CC(C)CC1CCCC(CN)(N(C)C2CCOC2C)C1. The Morgan fingerprint density at radius 3 is 2.65 bits per heavy atom. The Labute approximate surface area is 125 Å². The summed E-state index contributed by atoms with van der Waals surface area (Å²) in [6.45, 7) is 8.60. The molecule has 0 aromatic heterocycles. The highest BCUT2D eigenvalue weighted by molar-refractivity contribution is 4.99. The van der Waals surface area contributed by atoms with E-state index in [0.717, 1.165) is 31.4 Å². The topological polar surface area (TPSA) is 38.5 Å². The van der Waals surface area contributed by atoms with Crippen LogP contribution in [-0.4, -0.2) is 42.8 Å². The third-order valence-corrected chi connectivity index (χ3v) is 5.69. The fourth-order valence-electron chi connectivity index (χ4n) is 4.56. The summed E-state index contributed by atoms with van der Waals surface area (Å²) in [5, 5.41) is 0. The zero-order valence-corrected chi connectivity index (χ0v) is 13.9. The van der Waals surface area contributed by atoms with Crippen LogP contribution in [0.25, 0.3) is 0 Å². The highest BCUT2D eigenvalue weighted by Gasteiger charge is 2.43. The molecule has 2 rings (SSSR count). The lowest BCUT2D eigenvalue weighted by Gasteiger charge is -2.50. The number of ether oxygens (including phenoxy) is 1. The quantitative estimate of drug-likeness (QED) is 0.842. The van der Waals surface area contributed by atoms with Crippen LogP contribution in [0.15, 0.2) is 0 Å². The molecular formula is C17H34N2O. The van der Waals surface area contributed by atoms with Crippen LogP contribution in [0.1, 0.15) is 59.3 Å². The maximum Gasteiger partial charge on any atom is 0.0703 e. The van der Waals surface area contributed by atoms with Gasteiger partial charge in [-0.3, -0.25) is 4.90 Å². The van der Waals surface area contributed by atoms with Gasteiger partial charge in [0.15, 0.2) is 0 Å². The van der Waals surface area contributed by atoms with Crippen LogP contribution in [0.2, 0.25) is 0 Å². The van der Waals surface area contributed by atoms with E-state index in [1.807, 2.05) is 0 Å². The highest BCUT2D eigenvalue weighted by atomic mass is 16.5. The van der Waals surface area contributed by atoms with Gasteiger partial charge in [0.2, 0.25) is 0 Å². The first-order valence-electron chi connectivity index (χ1n) is 8.53. The first-order chi connectivity index (χ1) is 9.48. The summed E-state index contributed by atoms with van der Waals surface area (Å²) in [5.74, 6) is 1.65. The predicted molar refractivity (Wildman–Crippen MR) is 84.8 cm³/mol. The van der Waals surface area contributed by atoms with Gasteiger partial charge in [-0.05, 0) is 51.5 Å². The number of rotatable bonds is 5. The van der Waals surface area contributed by atoms with Gasteiger partial charge in [-0.1, -0.05) is 26.7 Å². The zero-order chi connectivity index (χ0) is 14.8. The molecule has 2 fully saturated rings. The maximum atomic E-state index is 6.26. The minimum atomic E-state index is 0.213. The van der Waals surface area contributed by atoms with Crippen molar-refractivity contribution < 1.29 is 4.74 Å². The molecule has 4 unspecified atom stereocenters. The standard InChI is InChI=1S/C17H34N2O/c1-13(2)10-15-6-5-8-17(11-15,12-18)19(4)16-7-9-20-14(16)3/h13-16H,5-12,18H2,1-4H3. The van der Waals surface area contributed by atoms with Gasteiger partial charge in [-0.25, -0.2) is 0 Å².